The van der Waals surface area contributed by atoms with Gasteiger partial charge in [-0.15, -0.1) is 4.40 Å². The van der Waals surface area contributed by atoms with Gasteiger partial charge in [0.1, 0.15) is 5.75 Å². The second-order valence-corrected chi connectivity index (χ2v) is 9.24. The summed E-state index contributed by atoms with van der Waals surface area (Å²) in [5.41, 5.74) is 0.813. The average molecular weight is 461 g/mol. The second-order valence-electron chi connectivity index (χ2n) is 7.70. The van der Waals surface area contributed by atoms with Gasteiger partial charge < -0.3 is 14.0 Å². The fourth-order valence-electron chi connectivity index (χ4n) is 3.69. The molecule has 1 saturated carbocycles. The summed E-state index contributed by atoms with van der Waals surface area (Å²) in [5, 5.41) is 3.88. The van der Waals surface area contributed by atoms with Gasteiger partial charge in [-0.05, 0) is 37.5 Å². The van der Waals surface area contributed by atoms with Crippen LogP contribution in [0.1, 0.15) is 55.8 Å². The minimum Gasteiger partial charge on any atom is -0.497 e. The molecule has 0 atom stereocenters. The highest BCUT2D eigenvalue weighted by atomic mass is 32.2. The summed E-state index contributed by atoms with van der Waals surface area (Å²) in [4.78, 5) is 17.0. The number of esters is 1. The van der Waals surface area contributed by atoms with Crippen molar-refractivity contribution in [2.45, 2.75) is 51.7 Å². The van der Waals surface area contributed by atoms with E-state index in [0.29, 0.717) is 17.2 Å². The molecule has 32 heavy (non-hydrogen) atoms. The van der Waals surface area contributed by atoms with Gasteiger partial charge in [0.05, 0.1) is 24.9 Å². The van der Waals surface area contributed by atoms with Gasteiger partial charge in [-0.25, -0.2) is 4.79 Å². The molecule has 4 rings (SSSR count). The fraction of sp³-hybridized carbons (Fsp3) is 0.429. The molecule has 1 fully saturated rings. The summed E-state index contributed by atoms with van der Waals surface area (Å²) in [5.74, 6) is 1.04. The minimum atomic E-state index is -3.96. The van der Waals surface area contributed by atoms with Crippen molar-refractivity contribution in [2.24, 2.45) is 4.40 Å². The Morgan fingerprint density at radius 1 is 1.22 bits per heavy atom. The third kappa shape index (κ3) is 4.82. The molecule has 170 valence electrons. The van der Waals surface area contributed by atoms with Crippen molar-refractivity contribution < 1.29 is 27.2 Å². The number of methoxy groups -OCH3 is 1. The Labute approximate surface area is 186 Å². The first-order chi connectivity index (χ1) is 15.4. The van der Waals surface area contributed by atoms with Crippen molar-refractivity contribution >= 4 is 21.9 Å². The summed E-state index contributed by atoms with van der Waals surface area (Å²) >= 11 is 0. The van der Waals surface area contributed by atoms with Crippen molar-refractivity contribution in [2.75, 3.05) is 7.11 Å². The lowest BCUT2D eigenvalue weighted by molar-refractivity contribution is -0.140. The van der Waals surface area contributed by atoms with E-state index in [9.17, 15) is 13.2 Å². The first-order valence-electron chi connectivity index (χ1n) is 10.3. The monoisotopic (exact) mass is 460 g/mol. The van der Waals surface area contributed by atoms with Crippen molar-refractivity contribution in [3.05, 3.63) is 53.3 Å². The molecule has 2 aliphatic rings. The zero-order chi connectivity index (χ0) is 22.7. The second kappa shape index (κ2) is 9.11. The van der Waals surface area contributed by atoms with Gasteiger partial charge in [0, 0.05) is 12.1 Å². The number of hydrogen-bond acceptors (Lipinski definition) is 8. The van der Waals surface area contributed by atoms with Crippen molar-refractivity contribution in [1.82, 2.24) is 14.4 Å². The van der Waals surface area contributed by atoms with Gasteiger partial charge in [0.15, 0.2) is 6.61 Å². The zero-order valence-corrected chi connectivity index (χ0v) is 18.7. The molecule has 0 saturated heterocycles. The molecule has 0 bridgehead atoms. The predicted octanol–water partition coefficient (Wildman–Crippen LogP) is 2.88. The first kappa shape index (κ1) is 22.0. The van der Waals surface area contributed by atoms with Crippen LogP contribution in [-0.4, -0.2) is 41.7 Å². The van der Waals surface area contributed by atoms with Gasteiger partial charge >= 0.3 is 16.2 Å². The molecule has 10 nitrogen and oxygen atoms in total. The Kier molecular flexibility index (Phi) is 6.26. The molecule has 2 aromatic rings. The maximum absolute atomic E-state index is 12.6. The van der Waals surface area contributed by atoms with Crippen molar-refractivity contribution in [3.63, 3.8) is 0 Å². The van der Waals surface area contributed by atoms with Gasteiger partial charge in [0.2, 0.25) is 11.7 Å². The molecule has 1 aromatic carbocycles. The number of nitrogens with zero attached hydrogens (tertiary/aromatic N) is 4. The van der Waals surface area contributed by atoms with Gasteiger partial charge in [0.25, 0.3) is 0 Å². The topological polar surface area (TPSA) is 124 Å². The van der Waals surface area contributed by atoms with Crippen LogP contribution in [0.2, 0.25) is 0 Å². The average Bonchev–Trinajstić information content (AvgIpc) is 3.46. The van der Waals surface area contributed by atoms with E-state index in [4.69, 9.17) is 14.0 Å². The lowest BCUT2D eigenvalue weighted by Gasteiger charge is -2.23. The highest BCUT2D eigenvalue weighted by Crippen LogP contribution is 2.33. The first-order valence-corrected chi connectivity index (χ1v) is 11.7. The van der Waals surface area contributed by atoms with E-state index in [1.54, 1.807) is 31.4 Å². The SMILES string of the molecule is COc1ccc(CN2C=C(C(=O)OCc3noc(C4CCCC4)n3)C(C)=NS2(=O)=O)cc1. The smallest absolute Gasteiger partial charge is 0.344 e. The van der Waals surface area contributed by atoms with Crippen LogP contribution >= 0.6 is 0 Å². The van der Waals surface area contributed by atoms with Crippen LogP contribution in [0.4, 0.5) is 0 Å². The van der Waals surface area contributed by atoms with E-state index in [2.05, 4.69) is 14.5 Å². The normalized spacial score (nSPS) is 18.2. The number of carbonyl (C=O) groups excluding carboxylic acids is 1. The van der Waals surface area contributed by atoms with Gasteiger partial charge in [-0.1, -0.05) is 30.1 Å². The fourth-order valence-corrected chi connectivity index (χ4v) is 4.79. The molecule has 1 aliphatic heterocycles. The van der Waals surface area contributed by atoms with Crippen LogP contribution in [0.5, 0.6) is 5.75 Å². The van der Waals surface area contributed by atoms with Gasteiger partial charge in [-0.3, -0.25) is 4.31 Å². The Bertz CT molecular complexity index is 1150. The number of aromatic nitrogens is 2. The van der Waals surface area contributed by atoms with Crippen LogP contribution in [0, 0.1) is 0 Å². The molecular weight excluding hydrogens is 436 g/mol. The third-order valence-electron chi connectivity index (χ3n) is 5.45. The molecule has 0 unspecified atom stereocenters. The van der Waals surface area contributed by atoms with Gasteiger partial charge in [-0.2, -0.15) is 13.4 Å². The molecule has 0 radical (unpaired) electrons. The maximum Gasteiger partial charge on any atom is 0.344 e. The number of rotatable bonds is 7. The molecule has 0 N–H and O–H groups in total. The number of carbonyl (C=O) groups is 1. The molecule has 11 heteroatoms. The number of benzene rings is 1. The molecular formula is C21H24N4O6S. The Morgan fingerprint density at radius 3 is 2.62 bits per heavy atom. The minimum absolute atomic E-state index is 0.00940. The summed E-state index contributed by atoms with van der Waals surface area (Å²) < 4.78 is 45.4. The molecule has 2 heterocycles. The van der Waals surface area contributed by atoms with E-state index < -0.39 is 16.2 Å². The predicted molar refractivity (Wildman–Crippen MR) is 114 cm³/mol. The van der Waals surface area contributed by atoms with E-state index in [0.717, 1.165) is 30.0 Å². The summed E-state index contributed by atoms with van der Waals surface area (Å²) in [6, 6.07) is 6.93. The standard InChI is InChI=1S/C21H24N4O6S/c1-14-18(21(26)30-13-19-22-20(31-23-19)16-5-3-4-6-16)12-25(32(27,28)24-14)11-15-7-9-17(29-2)10-8-15/h7-10,12,16H,3-6,11,13H2,1-2H3. The quantitative estimate of drug-likeness (QED) is 0.578. The Morgan fingerprint density at radius 2 is 1.94 bits per heavy atom. The summed E-state index contributed by atoms with van der Waals surface area (Å²) in [7, 11) is -2.41. The molecule has 0 amide bonds. The van der Waals surface area contributed by atoms with E-state index in [1.165, 1.54) is 13.1 Å². The summed E-state index contributed by atoms with van der Waals surface area (Å²) in [6.07, 6.45) is 5.55. The lowest BCUT2D eigenvalue weighted by atomic mass is 10.1. The Hall–Kier alpha value is -3.21. The lowest BCUT2D eigenvalue weighted by Crippen LogP contribution is -2.31. The van der Waals surface area contributed by atoms with Crippen LogP contribution in [0.15, 0.2) is 45.0 Å². The van der Waals surface area contributed by atoms with Crippen molar-refractivity contribution in [1.29, 1.82) is 0 Å². The molecule has 1 aliphatic carbocycles. The molecule has 1 aromatic heterocycles. The number of hydrogen-bond donors (Lipinski definition) is 0. The Balaban J connectivity index is 1.44. The maximum atomic E-state index is 12.6. The van der Waals surface area contributed by atoms with Crippen LogP contribution in [0.3, 0.4) is 0 Å². The third-order valence-corrected chi connectivity index (χ3v) is 6.78. The van der Waals surface area contributed by atoms with Crippen LogP contribution in [0.25, 0.3) is 0 Å². The highest BCUT2D eigenvalue weighted by molar-refractivity contribution is 7.88. The van der Waals surface area contributed by atoms with Crippen LogP contribution < -0.4 is 4.74 Å². The van der Waals surface area contributed by atoms with Crippen LogP contribution in [-0.2, 0) is 32.9 Å². The molecule has 0 spiro atoms. The highest BCUT2D eigenvalue weighted by Gasteiger charge is 2.29. The van der Waals surface area contributed by atoms with E-state index in [-0.39, 0.29) is 36.2 Å². The van der Waals surface area contributed by atoms with E-state index in [1.807, 2.05) is 0 Å². The van der Waals surface area contributed by atoms with Crippen molar-refractivity contribution in [3.8, 4) is 5.75 Å². The zero-order valence-electron chi connectivity index (χ0n) is 17.9. The van der Waals surface area contributed by atoms with E-state index >= 15 is 0 Å². The largest absolute Gasteiger partial charge is 0.497 e. The summed E-state index contributed by atoms with van der Waals surface area (Å²) in [6.45, 7) is 1.28. The number of ether oxygens (including phenoxy) is 2.